The molecule has 4 heteroatoms. The van der Waals surface area contributed by atoms with Gasteiger partial charge in [-0.15, -0.1) is 0 Å². The summed E-state index contributed by atoms with van der Waals surface area (Å²) in [5, 5.41) is 3.29. The molecule has 2 unspecified atom stereocenters. The molecule has 0 saturated carbocycles. The number of hydrogen-bond donors (Lipinski definition) is 0. The van der Waals surface area contributed by atoms with Gasteiger partial charge in [0.05, 0.1) is 16.1 Å². The van der Waals surface area contributed by atoms with Gasteiger partial charge in [0, 0.05) is 11.8 Å². The smallest absolute Gasteiger partial charge is 0.0766 e. The summed E-state index contributed by atoms with van der Waals surface area (Å²) in [6.45, 7) is 19.9. The first-order valence-corrected chi connectivity index (χ1v) is 18.1. The van der Waals surface area contributed by atoms with Crippen molar-refractivity contribution in [3.05, 3.63) is 82.9 Å². The maximum Gasteiger partial charge on any atom is 1.00 e. The number of benzene rings is 2. The van der Waals surface area contributed by atoms with Gasteiger partial charge >= 0.3 is 37.7 Å². The van der Waals surface area contributed by atoms with E-state index in [9.17, 15) is 0 Å². The van der Waals surface area contributed by atoms with Crippen LogP contribution >= 0.6 is 0 Å². The number of hydrogen-bond acceptors (Lipinski definition) is 0. The summed E-state index contributed by atoms with van der Waals surface area (Å²) in [5.41, 5.74) is 6.26. The van der Waals surface area contributed by atoms with E-state index in [-0.39, 0.29) is 43.1 Å². The van der Waals surface area contributed by atoms with Crippen LogP contribution in [0.5, 0.6) is 0 Å². The van der Waals surface area contributed by atoms with Crippen LogP contribution in [0.2, 0.25) is 39.3 Å². The Labute approximate surface area is 216 Å². The Balaban J connectivity index is 0.00000171. The van der Waals surface area contributed by atoms with Gasteiger partial charge in [-0.2, -0.15) is 0 Å². The minimum Gasteiger partial charge on any atom is -0.0766 e. The van der Waals surface area contributed by atoms with Crippen molar-refractivity contribution < 1.29 is 37.7 Å². The summed E-state index contributed by atoms with van der Waals surface area (Å²) in [6, 6.07) is 18.4. The zero-order chi connectivity index (χ0) is 21.2. The first-order valence-electron chi connectivity index (χ1n) is 11.1. The molecule has 0 N–H and O–H groups in total. The van der Waals surface area contributed by atoms with Crippen LogP contribution in [0.1, 0.15) is 47.9 Å². The van der Waals surface area contributed by atoms with Gasteiger partial charge in [0.25, 0.3) is 0 Å². The molecule has 0 heterocycles. The van der Waals surface area contributed by atoms with Crippen molar-refractivity contribution in [1.29, 1.82) is 0 Å². The predicted molar refractivity (Wildman–Crippen MR) is 135 cm³/mol. The third-order valence-corrected chi connectivity index (χ3v) is 11.2. The minimum absolute atomic E-state index is 0. The summed E-state index contributed by atoms with van der Waals surface area (Å²) >= 11 is 0. The Morgan fingerprint density at radius 2 is 0.903 bits per heavy atom. The van der Waals surface area contributed by atoms with Gasteiger partial charge in [-0.3, -0.25) is 0 Å². The van der Waals surface area contributed by atoms with E-state index in [0.29, 0.717) is 11.8 Å². The van der Waals surface area contributed by atoms with Crippen molar-refractivity contribution in [2.75, 3.05) is 0 Å². The molecule has 0 bridgehead atoms. The fourth-order valence-electron chi connectivity index (χ4n) is 5.45. The van der Waals surface area contributed by atoms with E-state index in [0.717, 1.165) is 0 Å². The van der Waals surface area contributed by atoms with Crippen molar-refractivity contribution in [3.8, 4) is 0 Å². The second-order valence-corrected chi connectivity index (χ2v) is 21.7. The van der Waals surface area contributed by atoms with Crippen LogP contribution in [0, 0.1) is 5.41 Å². The summed E-state index contributed by atoms with van der Waals surface area (Å²) in [7, 11) is -2.80. The molecule has 2 aromatic rings. The molecule has 0 aliphatic heterocycles. The normalized spacial score (nSPS) is 20.1. The molecule has 2 aromatic carbocycles. The van der Waals surface area contributed by atoms with Crippen LogP contribution in [0.4, 0.5) is 0 Å². The van der Waals surface area contributed by atoms with Gasteiger partial charge in [0.1, 0.15) is 0 Å². The number of fused-ring (bicyclic) bond motifs is 2. The van der Waals surface area contributed by atoms with Crippen molar-refractivity contribution in [1.82, 2.24) is 0 Å². The third kappa shape index (κ3) is 4.64. The van der Waals surface area contributed by atoms with Crippen molar-refractivity contribution in [2.45, 2.75) is 65.0 Å². The summed E-state index contributed by atoms with van der Waals surface area (Å²) < 4.78 is 0. The van der Waals surface area contributed by atoms with Crippen LogP contribution < -0.4 is 37.7 Å². The quantitative estimate of drug-likeness (QED) is 0.652. The molecule has 0 saturated heterocycles. The second kappa shape index (κ2) is 9.06. The summed E-state index contributed by atoms with van der Waals surface area (Å²) in [5.74, 6) is 0.937. The van der Waals surface area contributed by atoms with Crippen LogP contribution in [0.3, 0.4) is 0 Å². The van der Waals surface area contributed by atoms with E-state index in [1.165, 1.54) is 11.1 Å². The van der Waals surface area contributed by atoms with Gasteiger partial charge in [0.15, 0.2) is 0 Å². The largest absolute Gasteiger partial charge is 1.00 e. The van der Waals surface area contributed by atoms with Gasteiger partial charge in [-0.25, -0.2) is 0 Å². The van der Waals surface area contributed by atoms with E-state index in [1.54, 1.807) is 21.5 Å². The first kappa shape index (κ1) is 26.8. The van der Waals surface area contributed by atoms with Crippen molar-refractivity contribution in [3.63, 3.8) is 0 Å². The fraction of sp³-hybridized carbons (Fsp3) is 0.407. The van der Waals surface area contributed by atoms with Crippen LogP contribution in [-0.2, 0) is 0 Å². The Morgan fingerprint density at radius 1 is 0.581 bits per heavy atom. The molecular formula is C27H36Li2Si2+2. The first-order chi connectivity index (χ1) is 13.4. The number of rotatable bonds is 4. The van der Waals surface area contributed by atoms with E-state index < -0.39 is 16.1 Å². The molecule has 2 aliphatic rings. The number of allylic oxidation sites excluding steroid dienone is 2. The Morgan fingerprint density at radius 3 is 1.23 bits per heavy atom. The molecule has 0 spiro atoms. The van der Waals surface area contributed by atoms with Gasteiger partial charge < -0.3 is 0 Å². The second-order valence-electron chi connectivity index (χ2n) is 11.6. The SMILES string of the molecule is CC(C)(C1C=C([Si](C)(C)C)c2ccccc21)C1C=C([Si](C)(C)C)c2ccccc21.[Li+].[Li+]. The monoisotopic (exact) mass is 430 g/mol. The van der Waals surface area contributed by atoms with Gasteiger partial charge in [0.2, 0.25) is 0 Å². The molecule has 0 aromatic heterocycles. The van der Waals surface area contributed by atoms with E-state index in [1.807, 2.05) is 0 Å². The maximum atomic E-state index is 2.65. The van der Waals surface area contributed by atoms with Crippen molar-refractivity contribution in [2.24, 2.45) is 5.41 Å². The fourth-order valence-corrected chi connectivity index (χ4v) is 8.86. The molecule has 2 aliphatic carbocycles. The minimum atomic E-state index is -1.40. The van der Waals surface area contributed by atoms with Crippen LogP contribution in [0.15, 0.2) is 60.7 Å². The average molecular weight is 431 g/mol. The molecule has 4 rings (SSSR count). The topological polar surface area (TPSA) is 0 Å². The molecule has 0 radical (unpaired) electrons. The van der Waals surface area contributed by atoms with Gasteiger partial charge in [-0.05, 0) is 27.7 Å². The summed E-state index contributed by atoms with van der Waals surface area (Å²) in [4.78, 5) is 0. The van der Waals surface area contributed by atoms with Gasteiger partial charge in [-0.1, -0.05) is 124 Å². The zero-order valence-electron chi connectivity index (χ0n) is 21.4. The average Bonchev–Trinajstić information content (AvgIpc) is 3.21. The zero-order valence-corrected chi connectivity index (χ0v) is 23.4. The molecule has 152 valence electrons. The van der Waals surface area contributed by atoms with Crippen LogP contribution in [0.25, 0.3) is 10.4 Å². The van der Waals surface area contributed by atoms with E-state index >= 15 is 0 Å². The Hall–Kier alpha value is -0.451. The molecule has 0 amide bonds. The Bertz CT molecular complexity index is 939. The molecule has 2 atom stereocenters. The Kier molecular flexibility index (Phi) is 7.83. The molecule has 31 heavy (non-hydrogen) atoms. The third-order valence-electron chi connectivity index (χ3n) is 7.06. The van der Waals surface area contributed by atoms with E-state index in [4.69, 9.17) is 0 Å². The predicted octanol–water partition coefficient (Wildman–Crippen LogP) is 2.14. The van der Waals surface area contributed by atoms with Crippen LogP contribution in [-0.4, -0.2) is 16.1 Å². The molecule has 0 nitrogen and oxygen atoms in total. The maximum absolute atomic E-state index is 2.65. The molecular weight excluding hydrogens is 394 g/mol. The standard InChI is InChI=1S/C27H36Si2.2Li/c1-27(2,23-17-25(28(3,4)5)21-15-11-9-13-19(21)23)24-18-26(29(6,7)8)22-16-12-10-14-20(22)24;;/h9-18,23-24H,1-8H3;;/q;2*+1. The molecule has 0 fully saturated rings. The summed E-state index contributed by atoms with van der Waals surface area (Å²) in [6.07, 6.45) is 5.31. The van der Waals surface area contributed by atoms with Crippen molar-refractivity contribution >= 4 is 26.5 Å². The van der Waals surface area contributed by atoms with E-state index in [2.05, 4.69) is 114 Å².